The van der Waals surface area contributed by atoms with Gasteiger partial charge in [-0.15, -0.1) is 0 Å². The lowest BCUT2D eigenvalue weighted by molar-refractivity contribution is -0.139. The average Bonchev–Trinajstić information content (AvgIpc) is 2.70. The Balaban J connectivity index is 2.43. The molecule has 168 valence electrons. The molecule has 0 saturated heterocycles. The first-order valence-corrected chi connectivity index (χ1v) is 12.5. The molecule has 0 spiro atoms. The van der Waals surface area contributed by atoms with Crippen molar-refractivity contribution in [3.05, 3.63) is 62.5 Å². The molecule has 0 aliphatic heterocycles. The molecule has 0 aromatic heterocycles. The second-order valence-corrected chi connectivity index (χ2v) is 10.4. The Morgan fingerprint density at radius 1 is 1.10 bits per heavy atom. The zero-order valence-electron chi connectivity index (χ0n) is 17.1. The third-order valence-electron chi connectivity index (χ3n) is 4.60. The molecular weight excluding hydrogens is 529 g/mol. The van der Waals surface area contributed by atoms with E-state index in [1.807, 2.05) is 0 Å². The average molecular weight is 551 g/mol. The third kappa shape index (κ3) is 6.58. The number of likely N-dealkylation sites (N-methyl/N-ethyl adjacent to an activating group) is 1. The quantitative estimate of drug-likeness (QED) is 0.543. The summed E-state index contributed by atoms with van der Waals surface area (Å²) in [5.74, 6) is -0.994. The van der Waals surface area contributed by atoms with Gasteiger partial charge in [0.2, 0.25) is 21.8 Å². The minimum absolute atomic E-state index is 0.0656. The number of rotatable bonds is 8. The van der Waals surface area contributed by atoms with Crippen LogP contribution in [0.5, 0.6) is 0 Å². The lowest BCUT2D eigenvalue weighted by Gasteiger charge is -2.31. The predicted octanol–water partition coefficient (Wildman–Crippen LogP) is 3.69. The van der Waals surface area contributed by atoms with Gasteiger partial charge in [-0.2, -0.15) is 0 Å². The minimum atomic E-state index is -3.78. The van der Waals surface area contributed by atoms with Gasteiger partial charge in [-0.1, -0.05) is 45.2 Å². The highest BCUT2D eigenvalue weighted by Crippen LogP contribution is 2.27. The molecule has 0 fully saturated rings. The Morgan fingerprint density at radius 3 is 2.13 bits per heavy atom. The number of hydrogen-bond acceptors (Lipinski definition) is 4. The van der Waals surface area contributed by atoms with Gasteiger partial charge < -0.3 is 10.2 Å². The molecule has 0 bridgehead atoms. The van der Waals surface area contributed by atoms with Gasteiger partial charge in [0, 0.05) is 33.7 Å². The molecule has 2 rings (SSSR count). The van der Waals surface area contributed by atoms with Crippen molar-refractivity contribution < 1.29 is 18.0 Å². The standard InChI is InChI=1S/C20H22BrCl2N3O4S/c1-13(20(28)24-2)25(11-16-17(22)5-4-6-18(16)23)19(27)12-26(31(3,29)30)15-9-7-14(21)8-10-15/h4-10,13H,11-12H2,1-3H3,(H,24,28)/t13-/m0/s1. The van der Waals surface area contributed by atoms with Crippen LogP contribution in [0, 0.1) is 0 Å². The number of sulfonamides is 1. The maximum atomic E-state index is 13.3. The summed E-state index contributed by atoms with van der Waals surface area (Å²) in [5.41, 5.74) is 0.784. The number of anilines is 1. The number of carbonyl (C=O) groups is 2. The maximum absolute atomic E-state index is 13.3. The zero-order valence-corrected chi connectivity index (χ0v) is 21.0. The van der Waals surface area contributed by atoms with E-state index in [-0.39, 0.29) is 6.54 Å². The fourth-order valence-electron chi connectivity index (χ4n) is 2.87. The summed E-state index contributed by atoms with van der Waals surface area (Å²) >= 11 is 15.8. The van der Waals surface area contributed by atoms with Gasteiger partial charge in [-0.25, -0.2) is 8.42 Å². The first kappa shape index (κ1) is 25.5. The summed E-state index contributed by atoms with van der Waals surface area (Å²) in [6.07, 6.45) is 1.01. The fourth-order valence-corrected chi connectivity index (χ4v) is 4.50. The van der Waals surface area contributed by atoms with Crippen molar-refractivity contribution in [3.63, 3.8) is 0 Å². The van der Waals surface area contributed by atoms with E-state index in [1.165, 1.54) is 11.9 Å². The second kappa shape index (κ2) is 10.7. The van der Waals surface area contributed by atoms with Crippen LogP contribution in [0.15, 0.2) is 46.9 Å². The van der Waals surface area contributed by atoms with Gasteiger partial charge in [0.05, 0.1) is 11.9 Å². The normalized spacial score (nSPS) is 12.2. The van der Waals surface area contributed by atoms with Crippen LogP contribution in [0.1, 0.15) is 12.5 Å². The molecule has 7 nitrogen and oxygen atoms in total. The first-order chi connectivity index (χ1) is 14.5. The monoisotopic (exact) mass is 549 g/mol. The van der Waals surface area contributed by atoms with Crippen LogP contribution in [0.25, 0.3) is 0 Å². The van der Waals surface area contributed by atoms with E-state index >= 15 is 0 Å². The van der Waals surface area contributed by atoms with Crippen molar-refractivity contribution >= 4 is 66.7 Å². The molecule has 2 aromatic rings. The Morgan fingerprint density at radius 2 is 1.65 bits per heavy atom. The van der Waals surface area contributed by atoms with E-state index in [4.69, 9.17) is 23.2 Å². The highest BCUT2D eigenvalue weighted by atomic mass is 79.9. The van der Waals surface area contributed by atoms with Crippen LogP contribution < -0.4 is 9.62 Å². The summed E-state index contributed by atoms with van der Waals surface area (Å²) in [6, 6.07) is 10.5. The Hall–Kier alpha value is -1.81. The summed E-state index contributed by atoms with van der Waals surface area (Å²) < 4.78 is 26.6. The van der Waals surface area contributed by atoms with Crippen molar-refractivity contribution in [3.8, 4) is 0 Å². The molecule has 0 heterocycles. The van der Waals surface area contributed by atoms with Crippen molar-refractivity contribution in [1.29, 1.82) is 0 Å². The lowest BCUT2D eigenvalue weighted by atomic mass is 10.1. The minimum Gasteiger partial charge on any atom is -0.357 e. The molecule has 11 heteroatoms. The topological polar surface area (TPSA) is 86.8 Å². The molecule has 0 radical (unpaired) electrons. The van der Waals surface area contributed by atoms with Gasteiger partial charge in [0.1, 0.15) is 12.6 Å². The van der Waals surface area contributed by atoms with Crippen LogP contribution in [0.3, 0.4) is 0 Å². The number of nitrogens with zero attached hydrogens (tertiary/aromatic N) is 2. The Bertz CT molecular complexity index is 1040. The van der Waals surface area contributed by atoms with Crippen LogP contribution >= 0.6 is 39.1 Å². The number of carbonyl (C=O) groups excluding carboxylic acids is 2. The van der Waals surface area contributed by atoms with E-state index in [1.54, 1.807) is 49.4 Å². The SMILES string of the molecule is CNC(=O)[C@H](C)N(Cc1c(Cl)cccc1Cl)C(=O)CN(c1ccc(Br)cc1)S(C)(=O)=O. The predicted molar refractivity (Wildman–Crippen MR) is 127 cm³/mol. The van der Waals surface area contributed by atoms with Crippen molar-refractivity contribution in [2.75, 3.05) is 24.2 Å². The van der Waals surface area contributed by atoms with E-state index in [2.05, 4.69) is 21.2 Å². The van der Waals surface area contributed by atoms with Crippen LogP contribution in [-0.2, 0) is 26.2 Å². The highest BCUT2D eigenvalue weighted by molar-refractivity contribution is 9.10. The molecule has 2 aromatic carbocycles. The highest BCUT2D eigenvalue weighted by Gasteiger charge is 2.30. The Labute approximate surface area is 200 Å². The molecule has 0 aliphatic rings. The molecule has 0 unspecified atom stereocenters. The molecule has 0 saturated carbocycles. The first-order valence-electron chi connectivity index (χ1n) is 9.13. The third-order valence-corrected chi connectivity index (χ3v) is 6.98. The summed E-state index contributed by atoms with van der Waals surface area (Å²) in [4.78, 5) is 26.8. The molecule has 1 atom stereocenters. The Kier molecular flexibility index (Phi) is 8.76. The number of halogens is 3. The molecular formula is C20H22BrCl2N3O4S. The second-order valence-electron chi connectivity index (χ2n) is 6.76. The van der Waals surface area contributed by atoms with Crippen molar-refractivity contribution in [1.82, 2.24) is 10.2 Å². The molecule has 0 aliphatic carbocycles. The largest absolute Gasteiger partial charge is 0.357 e. The summed E-state index contributed by atoms with van der Waals surface area (Å²) in [6.45, 7) is 0.986. The number of amides is 2. The number of hydrogen-bond donors (Lipinski definition) is 1. The molecule has 1 N–H and O–H groups in total. The zero-order chi connectivity index (χ0) is 23.3. The van der Waals surface area contributed by atoms with E-state index in [9.17, 15) is 18.0 Å². The van der Waals surface area contributed by atoms with Crippen LogP contribution in [0.2, 0.25) is 10.0 Å². The van der Waals surface area contributed by atoms with Crippen molar-refractivity contribution in [2.45, 2.75) is 19.5 Å². The van der Waals surface area contributed by atoms with Gasteiger partial charge in [-0.3, -0.25) is 13.9 Å². The molecule has 31 heavy (non-hydrogen) atoms. The van der Waals surface area contributed by atoms with Gasteiger partial charge in [-0.05, 0) is 43.3 Å². The summed E-state index contributed by atoms with van der Waals surface area (Å²) in [7, 11) is -2.33. The molecule has 2 amide bonds. The van der Waals surface area contributed by atoms with Gasteiger partial charge in [0.15, 0.2) is 0 Å². The van der Waals surface area contributed by atoms with Gasteiger partial charge >= 0.3 is 0 Å². The van der Waals surface area contributed by atoms with Crippen molar-refractivity contribution in [2.24, 2.45) is 0 Å². The maximum Gasteiger partial charge on any atom is 0.244 e. The smallest absolute Gasteiger partial charge is 0.244 e. The van der Waals surface area contributed by atoms with E-state index in [0.717, 1.165) is 15.0 Å². The fraction of sp³-hybridized carbons (Fsp3) is 0.300. The lowest BCUT2D eigenvalue weighted by Crippen LogP contribution is -2.50. The van der Waals surface area contributed by atoms with Crippen LogP contribution in [0.4, 0.5) is 5.69 Å². The van der Waals surface area contributed by atoms with E-state index < -0.39 is 34.4 Å². The number of benzene rings is 2. The summed E-state index contributed by atoms with van der Waals surface area (Å²) in [5, 5.41) is 3.17. The van der Waals surface area contributed by atoms with E-state index in [0.29, 0.717) is 21.3 Å². The number of nitrogens with one attached hydrogen (secondary N) is 1. The van der Waals surface area contributed by atoms with Crippen LogP contribution in [-0.4, -0.2) is 51.0 Å². The van der Waals surface area contributed by atoms with Gasteiger partial charge in [0.25, 0.3) is 0 Å².